The quantitative estimate of drug-likeness (QED) is 0.431. The minimum atomic E-state index is -0.0754. The standard InChI is InChI=1S/C26H25Cl2N5OS/c27-20-7-6-18(14-21(20)28)24-15-23(17-4-2-1-3-5-17)31-33(24)26-29-22-8-13-35-16-19(22)25(30-26)32-9-11-34-12-10-32/h1-7,14,24H,8-13,15-16H2. The predicted octanol–water partition coefficient (Wildman–Crippen LogP) is 5.77. The van der Waals surface area contributed by atoms with Crippen LogP contribution in [0.3, 0.4) is 0 Å². The highest BCUT2D eigenvalue weighted by Crippen LogP contribution is 2.40. The van der Waals surface area contributed by atoms with Crippen LogP contribution in [0.5, 0.6) is 0 Å². The monoisotopic (exact) mass is 525 g/mol. The van der Waals surface area contributed by atoms with Crippen LogP contribution < -0.4 is 9.91 Å². The Morgan fingerprint density at radius 2 is 1.80 bits per heavy atom. The van der Waals surface area contributed by atoms with Gasteiger partial charge in [0.1, 0.15) is 5.82 Å². The Morgan fingerprint density at radius 1 is 0.971 bits per heavy atom. The van der Waals surface area contributed by atoms with Crippen LogP contribution in [-0.4, -0.2) is 47.7 Å². The van der Waals surface area contributed by atoms with E-state index < -0.39 is 0 Å². The van der Waals surface area contributed by atoms with Crippen LogP contribution in [-0.2, 0) is 16.9 Å². The van der Waals surface area contributed by atoms with Gasteiger partial charge >= 0.3 is 0 Å². The molecule has 0 saturated carbocycles. The molecule has 35 heavy (non-hydrogen) atoms. The number of rotatable bonds is 4. The minimum absolute atomic E-state index is 0.0754. The van der Waals surface area contributed by atoms with Gasteiger partial charge in [-0.15, -0.1) is 0 Å². The molecule has 4 heterocycles. The molecule has 9 heteroatoms. The first-order chi connectivity index (χ1) is 17.2. The number of aryl methyl sites for hydroxylation is 1. The van der Waals surface area contributed by atoms with Crippen molar-refractivity contribution in [2.75, 3.05) is 42.0 Å². The molecule has 1 unspecified atom stereocenters. The van der Waals surface area contributed by atoms with Crippen LogP contribution >= 0.6 is 35.0 Å². The highest BCUT2D eigenvalue weighted by atomic mass is 35.5. The van der Waals surface area contributed by atoms with E-state index in [0.29, 0.717) is 29.2 Å². The normalized spacial score (nSPS) is 20.1. The zero-order valence-corrected chi connectivity index (χ0v) is 21.5. The molecular weight excluding hydrogens is 501 g/mol. The number of hydrogen-bond acceptors (Lipinski definition) is 7. The predicted molar refractivity (Wildman–Crippen MR) is 144 cm³/mol. The van der Waals surface area contributed by atoms with E-state index in [1.165, 1.54) is 5.56 Å². The second-order valence-electron chi connectivity index (χ2n) is 8.83. The van der Waals surface area contributed by atoms with Crippen molar-refractivity contribution < 1.29 is 4.74 Å². The fourth-order valence-electron chi connectivity index (χ4n) is 4.82. The van der Waals surface area contributed by atoms with E-state index in [-0.39, 0.29) is 6.04 Å². The molecule has 1 saturated heterocycles. The number of hydrogen-bond donors (Lipinski definition) is 0. The second kappa shape index (κ2) is 9.97. The number of halogens is 2. The molecule has 180 valence electrons. The number of ether oxygens (including phenoxy) is 1. The Balaban J connectivity index is 1.46. The summed E-state index contributed by atoms with van der Waals surface area (Å²) in [6.45, 7) is 3.10. The van der Waals surface area contributed by atoms with Crippen molar-refractivity contribution in [2.24, 2.45) is 5.10 Å². The molecule has 0 N–H and O–H groups in total. The van der Waals surface area contributed by atoms with E-state index in [2.05, 4.69) is 17.0 Å². The van der Waals surface area contributed by atoms with Gasteiger partial charge in [0.25, 0.3) is 0 Å². The first kappa shape index (κ1) is 23.1. The van der Waals surface area contributed by atoms with Gasteiger partial charge in [0, 0.05) is 30.8 Å². The Hall–Kier alpha value is -2.32. The lowest BCUT2D eigenvalue weighted by atomic mass is 9.98. The van der Waals surface area contributed by atoms with Crippen LogP contribution in [0, 0.1) is 0 Å². The molecular formula is C26H25Cl2N5OS. The Morgan fingerprint density at radius 3 is 2.60 bits per heavy atom. The first-order valence-corrected chi connectivity index (χ1v) is 13.8. The van der Waals surface area contributed by atoms with Gasteiger partial charge in [0.15, 0.2) is 0 Å². The Kier molecular flexibility index (Phi) is 6.58. The maximum absolute atomic E-state index is 6.42. The summed E-state index contributed by atoms with van der Waals surface area (Å²) in [6.07, 6.45) is 1.67. The van der Waals surface area contributed by atoms with Crippen LogP contribution in [0.1, 0.15) is 34.8 Å². The third-order valence-corrected chi connectivity index (χ3v) is 8.37. The molecule has 3 aromatic rings. The summed E-state index contributed by atoms with van der Waals surface area (Å²) in [4.78, 5) is 12.6. The largest absolute Gasteiger partial charge is 0.378 e. The van der Waals surface area contributed by atoms with Gasteiger partial charge < -0.3 is 9.64 Å². The topological polar surface area (TPSA) is 53.9 Å². The lowest BCUT2D eigenvalue weighted by molar-refractivity contribution is 0.122. The number of nitrogens with zero attached hydrogens (tertiary/aromatic N) is 5. The molecule has 2 aromatic carbocycles. The maximum Gasteiger partial charge on any atom is 0.249 e. The Bertz CT molecular complexity index is 1270. The van der Waals surface area contributed by atoms with Crippen LogP contribution in [0.15, 0.2) is 53.6 Å². The summed E-state index contributed by atoms with van der Waals surface area (Å²) in [5, 5.41) is 8.13. The van der Waals surface area contributed by atoms with Crippen LogP contribution in [0.2, 0.25) is 10.0 Å². The lowest BCUT2D eigenvalue weighted by Gasteiger charge is -2.32. The molecule has 1 atom stereocenters. The van der Waals surface area contributed by atoms with Crippen LogP contribution in [0.25, 0.3) is 0 Å². The van der Waals surface area contributed by atoms with Crippen molar-refractivity contribution in [2.45, 2.75) is 24.6 Å². The van der Waals surface area contributed by atoms with Crippen molar-refractivity contribution >= 4 is 52.4 Å². The fourth-order valence-corrected chi connectivity index (χ4v) is 6.11. The van der Waals surface area contributed by atoms with Gasteiger partial charge in [0.05, 0.1) is 40.7 Å². The molecule has 1 aromatic heterocycles. The molecule has 0 amide bonds. The third-order valence-electron chi connectivity index (χ3n) is 6.65. The molecule has 0 radical (unpaired) electrons. The molecule has 0 spiro atoms. The van der Waals surface area contributed by atoms with Gasteiger partial charge in [-0.2, -0.15) is 21.8 Å². The third kappa shape index (κ3) is 4.62. The van der Waals surface area contributed by atoms with E-state index >= 15 is 0 Å². The summed E-state index contributed by atoms with van der Waals surface area (Å²) in [6, 6.07) is 16.0. The molecule has 1 fully saturated rings. The summed E-state index contributed by atoms with van der Waals surface area (Å²) in [5.74, 6) is 3.67. The Labute approximate surface area is 219 Å². The minimum Gasteiger partial charge on any atom is -0.378 e. The molecule has 3 aliphatic rings. The fraction of sp³-hybridized carbons (Fsp3) is 0.346. The summed E-state index contributed by atoms with van der Waals surface area (Å²) >= 11 is 14.6. The number of benzene rings is 2. The lowest BCUT2D eigenvalue weighted by Crippen LogP contribution is -2.38. The number of morpholine rings is 1. The van der Waals surface area contributed by atoms with Crippen molar-refractivity contribution in [3.8, 4) is 0 Å². The summed E-state index contributed by atoms with van der Waals surface area (Å²) in [5.41, 5.74) is 5.53. The SMILES string of the molecule is Clc1ccc(C2CC(c3ccccc3)=NN2c2nc3c(c(N4CCOCC4)n2)CSCC3)cc1Cl. The summed E-state index contributed by atoms with van der Waals surface area (Å²) < 4.78 is 5.61. The van der Waals surface area contributed by atoms with Gasteiger partial charge in [-0.1, -0.05) is 59.6 Å². The van der Waals surface area contributed by atoms with E-state index in [0.717, 1.165) is 65.8 Å². The molecule has 3 aliphatic heterocycles. The van der Waals surface area contributed by atoms with Crippen molar-refractivity contribution in [1.29, 1.82) is 0 Å². The number of aromatic nitrogens is 2. The van der Waals surface area contributed by atoms with Gasteiger partial charge in [-0.05, 0) is 35.4 Å². The van der Waals surface area contributed by atoms with E-state index in [1.807, 2.05) is 53.2 Å². The average molecular weight is 526 g/mol. The number of hydrazone groups is 1. The number of fused-ring (bicyclic) bond motifs is 1. The van der Waals surface area contributed by atoms with E-state index in [1.54, 1.807) is 0 Å². The number of thioether (sulfide) groups is 1. The molecule has 0 aliphatic carbocycles. The molecule has 6 nitrogen and oxygen atoms in total. The van der Waals surface area contributed by atoms with E-state index in [4.69, 9.17) is 43.0 Å². The highest BCUT2D eigenvalue weighted by Gasteiger charge is 2.34. The molecule has 0 bridgehead atoms. The molecule has 6 rings (SSSR count). The average Bonchev–Trinajstić information content (AvgIpc) is 3.36. The van der Waals surface area contributed by atoms with Crippen molar-refractivity contribution in [3.05, 3.63) is 81.0 Å². The van der Waals surface area contributed by atoms with E-state index in [9.17, 15) is 0 Å². The maximum atomic E-state index is 6.42. The van der Waals surface area contributed by atoms with Crippen molar-refractivity contribution in [1.82, 2.24) is 9.97 Å². The zero-order chi connectivity index (χ0) is 23.8. The summed E-state index contributed by atoms with van der Waals surface area (Å²) in [7, 11) is 0. The van der Waals surface area contributed by atoms with Gasteiger partial charge in [-0.25, -0.2) is 9.99 Å². The number of anilines is 2. The smallest absolute Gasteiger partial charge is 0.249 e. The first-order valence-electron chi connectivity index (χ1n) is 11.8. The second-order valence-corrected chi connectivity index (χ2v) is 10.7. The highest BCUT2D eigenvalue weighted by molar-refractivity contribution is 7.98. The zero-order valence-electron chi connectivity index (χ0n) is 19.2. The van der Waals surface area contributed by atoms with Gasteiger partial charge in [0.2, 0.25) is 5.95 Å². The van der Waals surface area contributed by atoms with Crippen molar-refractivity contribution in [3.63, 3.8) is 0 Å². The van der Waals surface area contributed by atoms with Gasteiger partial charge in [-0.3, -0.25) is 0 Å². The van der Waals surface area contributed by atoms with Crippen LogP contribution in [0.4, 0.5) is 11.8 Å².